The lowest BCUT2D eigenvalue weighted by molar-refractivity contribution is -0.120. The highest BCUT2D eigenvalue weighted by molar-refractivity contribution is 6.45. The van der Waals surface area contributed by atoms with E-state index in [0.29, 0.717) is 17.8 Å². The Kier molecular flexibility index (Phi) is 5.03. The molecule has 0 saturated carbocycles. The molecule has 6 nitrogen and oxygen atoms in total. The van der Waals surface area contributed by atoms with Crippen molar-refractivity contribution in [3.05, 3.63) is 65.4 Å². The van der Waals surface area contributed by atoms with Gasteiger partial charge in [-0.25, -0.2) is 0 Å². The summed E-state index contributed by atoms with van der Waals surface area (Å²) in [7, 11) is 0. The fourth-order valence-electron chi connectivity index (χ4n) is 3.11. The van der Waals surface area contributed by atoms with Gasteiger partial charge in [-0.1, -0.05) is 36.4 Å². The lowest BCUT2D eigenvalue weighted by atomic mass is 10.1. The summed E-state index contributed by atoms with van der Waals surface area (Å²) in [5, 5.41) is 0.249. The van der Waals surface area contributed by atoms with E-state index in [-0.39, 0.29) is 23.0 Å². The second kappa shape index (κ2) is 7.41. The zero-order valence-corrected chi connectivity index (χ0v) is 14.5. The van der Waals surface area contributed by atoms with Crippen LogP contribution in [0.5, 0.6) is 5.75 Å². The molecule has 3 aromatic rings. The standard InChI is InChI=1S/C20H17FN2O4/c1-12-17(19(25)20(22)26)18-14(8-5-9-15(18)27-16(21)11-24)23(12)10-13-6-3-2-4-7-13/h2-9,11,16H,10H2,1H3,(H2,22,26). The zero-order valence-electron chi connectivity index (χ0n) is 14.5. The topological polar surface area (TPSA) is 91.4 Å². The first-order valence-electron chi connectivity index (χ1n) is 8.20. The Morgan fingerprint density at radius 2 is 1.89 bits per heavy atom. The van der Waals surface area contributed by atoms with Crippen LogP contribution in [0.2, 0.25) is 0 Å². The zero-order chi connectivity index (χ0) is 19.6. The maximum absolute atomic E-state index is 13.5. The van der Waals surface area contributed by atoms with Crippen molar-refractivity contribution in [3.8, 4) is 5.75 Å². The number of primary amides is 1. The highest BCUT2D eigenvalue weighted by Gasteiger charge is 2.26. The van der Waals surface area contributed by atoms with Crippen LogP contribution in [-0.2, 0) is 16.1 Å². The first-order chi connectivity index (χ1) is 12.9. The van der Waals surface area contributed by atoms with Crippen molar-refractivity contribution < 1.29 is 23.5 Å². The van der Waals surface area contributed by atoms with E-state index in [0.717, 1.165) is 5.56 Å². The van der Waals surface area contributed by atoms with Crippen molar-refractivity contribution in [2.24, 2.45) is 5.73 Å². The molecular formula is C20H17FN2O4. The Balaban J connectivity index is 2.26. The van der Waals surface area contributed by atoms with Crippen LogP contribution < -0.4 is 10.5 Å². The highest BCUT2D eigenvalue weighted by Crippen LogP contribution is 2.35. The van der Waals surface area contributed by atoms with Crippen molar-refractivity contribution >= 4 is 28.9 Å². The summed E-state index contributed by atoms with van der Waals surface area (Å²) in [5.74, 6) is -2.03. The number of carbonyl (C=O) groups is 3. The Labute approximate surface area is 154 Å². The number of amides is 1. The summed E-state index contributed by atoms with van der Waals surface area (Å²) in [5.41, 5.74) is 7.27. The predicted molar refractivity (Wildman–Crippen MR) is 97.3 cm³/mol. The number of hydrogen-bond acceptors (Lipinski definition) is 4. The third-order valence-corrected chi connectivity index (χ3v) is 4.29. The van der Waals surface area contributed by atoms with Gasteiger partial charge in [0.05, 0.1) is 16.5 Å². The number of ketones is 1. The molecule has 1 unspecified atom stereocenters. The number of Topliss-reactive ketones (excluding diaryl/α,β-unsaturated/α-hetero) is 1. The summed E-state index contributed by atoms with van der Waals surface area (Å²) in [4.78, 5) is 34.6. The number of ether oxygens (including phenoxy) is 1. The van der Waals surface area contributed by atoms with Gasteiger partial charge in [-0.15, -0.1) is 0 Å². The maximum atomic E-state index is 13.5. The third-order valence-electron chi connectivity index (χ3n) is 4.29. The first kappa shape index (κ1) is 18.3. The van der Waals surface area contributed by atoms with Gasteiger partial charge in [-0.2, -0.15) is 4.39 Å². The third kappa shape index (κ3) is 3.44. The lowest BCUT2D eigenvalue weighted by Crippen LogP contribution is -2.24. The molecule has 7 heteroatoms. The number of carbonyl (C=O) groups excluding carboxylic acids is 3. The minimum absolute atomic E-state index is 0.00222. The fourth-order valence-corrected chi connectivity index (χ4v) is 3.11. The first-order valence-corrected chi connectivity index (χ1v) is 8.20. The van der Waals surface area contributed by atoms with Crippen LogP contribution in [-0.4, -0.2) is 28.9 Å². The molecule has 0 fully saturated rings. The molecule has 1 heterocycles. The van der Waals surface area contributed by atoms with Gasteiger partial charge in [0.2, 0.25) is 0 Å². The number of rotatable bonds is 7. The van der Waals surface area contributed by atoms with Gasteiger partial charge in [0.25, 0.3) is 18.0 Å². The molecule has 1 atom stereocenters. The molecule has 0 spiro atoms. The second-order valence-electron chi connectivity index (χ2n) is 5.98. The van der Waals surface area contributed by atoms with Crippen molar-refractivity contribution in [1.29, 1.82) is 0 Å². The van der Waals surface area contributed by atoms with Gasteiger partial charge in [0.15, 0.2) is 6.29 Å². The van der Waals surface area contributed by atoms with Crippen LogP contribution >= 0.6 is 0 Å². The summed E-state index contributed by atoms with van der Waals surface area (Å²) in [6, 6.07) is 14.3. The van der Waals surface area contributed by atoms with E-state index in [4.69, 9.17) is 10.5 Å². The van der Waals surface area contributed by atoms with Gasteiger partial charge >= 0.3 is 0 Å². The summed E-state index contributed by atoms with van der Waals surface area (Å²) in [6.07, 6.45) is -2.19. The second-order valence-corrected chi connectivity index (χ2v) is 5.98. The Hall–Kier alpha value is -3.48. The Bertz CT molecular complexity index is 1030. The quantitative estimate of drug-likeness (QED) is 0.394. The molecule has 0 radical (unpaired) electrons. The number of aldehydes is 1. The molecule has 2 N–H and O–H groups in total. The van der Waals surface area contributed by atoms with E-state index < -0.39 is 18.0 Å². The van der Waals surface area contributed by atoms with Crippen LogP contribution in [0.3, 0.4) is 0 Å². The molecule has 27 heavy (non-hydrogen) atoms. The maximum Gasteiger partial charge on any atom is 0.293 e. The van der Waals surface area contributed by atoms with Crippen molar-refractivity contribution in [2.45, 2.75) is 19.8 Å². The molecule has 1 amide bonds. The van der Waals surface area contributed by atoms with E-state index in [9.17, 15) is 18.8 Å². The smallest absolute Gasteiger partial charge is 0.293 e. The monoisotopic (exact) mass is 368 g/mol. The van der Waals surface area contributed by atoms with Crippen molar-refractivity contribution in [3.63, 3.8) is 0 Å². The fraction of sp³-hybridized carbons (Fsp3) is 0.150. The number of benzene rings is 2. The molecule has 0 aliphatic heterocycles. The van der Waals surface area contributed by atoms with Gasteiger partial charge in [0.1, 0.15) is 5.75 Å². The molecule has 0 saturated heterocycles. The molecular weight excluding hydrogens is 351 g/mol. The minimum atomic E-state index is -2.19. The van der Waals surface area contributed by atoms with E-state index in [1.165, 1.54) is 6.07 Å². The van der Waals surface area contributed by atoms with Gasteiger partial charge in [-0.05, 0) is 24.6 Å². The van der Waals surface area contributed by atoms with E-state index in [1.807, 2.05) is 34.9 Å². The number of alkyl halides is 1. The van der Waals surface area contributed by atoms with Crippen molar-refractivity contribution in [1.82, 2.24) is 4.57 Å². The number of fused-ring (bicyclic) bond motifs is 1. The molecule has 0 bridgehead atoms. The number of nitrogens with two attached hydrogens (primary N) is 1. The normalized spacial score (nSPS) is 11.9. The van der Waals surface area contributed by atoms with Crippen LogP contribution in [0.1, 0.15) is 21.6 Å². The van der Waals surface area contributed by atoms with E-state index in [1.54, 1.807) is 19.1 Å². The molecule has 1 aromatic heterocycles. The van der Waals surface area contributed by atoms with Crippen LogP contribution in [0.15, 0.2) is 48.5 Å². The number of nitrogens with zero attached hydrogens (tertiary/aromatic N) is 1. The van der Waals surface area contributed by atoms with E-state index in [2.05, 4.69) is 0 Å². The Morgan fingerprint density at radius 3 is 2.52 bits per heavy atom. The lowest BCUT2D eigenvalue weighted by Gasteiger charge is -2.10. The Morgan fingerprint density at radius 1 is 1.19 bits per heavy atom. The van der Waals surface area contributed by atoms with Crippen LogP contribution in [0.25, 0.3) is 10.9 Å². The van der Waals surface area contributed by atoms with Crippen molar-refractivity contribution in [2.75, 3.05) is 0 Å². The molecule has 3 rings (SSSR count). The van der Waals surface area contributed by atoms with E-state index >= 15 is 0 Å². The SMILES string of the molecule is Cc1c(C(=O)C(N)=O)c2c(OC(F)C=O)cccc2n1Cc1ccccc1. The predicted octanol–water partition coefficient (Wildman–Crippen LogP) is 2.54. The summed E-state index contributed by atoms with van der Waals surface area (Å²) < 4.78 is 20.4. The summed E-state index contributed by atoms with van der Waals surface area (Å²) in [6.45, 7) is 2.10. The minimum Gasteiger partial charge on any atom is -0.453 e. The molecule has 0 aliphatic carbocycles. The van der Waals surface area contributed by atoms with Gasteiger partial charge in [0, 0.05) is 12.2 Å². The average molecular weight is 368 g/mol. The van der Waals surface area contributed by atoms with Gasteiger partial charge < -0.3 is 15.0 Å². The summed E-state index contributed by atoms with van der Waals surface area (Å²) >= 11 is 0. The number of hydrogen-bond donors (Lipinski definition) is 1. The number of halogens is 1. The largest absolute Gasteiger partial charge is 0.453 e. The van der Waals surface area contributed by atoms with Gasteiger partial charge in [-0.3, -0.25) is 14.4 Å². The highest BCUT2D eigenvalue weighted by atomic mass is 19.1. The molecule has 0 aliphatic rings. The van der Waals surface area contributed by atoms with Crippen LogP contribution in [0, 0.1) is 6.92 Å². The van der Waals surface area contributed by atoms with Crippen LogP contribution in [0.4, 0.5) is 4.39 Å². The molecule has 2 aromatic carbocycles. The average Bonchev–Trinajstić information content (AvgIpc) is 2.94. The number of aromatic nitrogens is 1. The molecule has 138 valence electrons.